The third-order valence-electron chi connectivity index (χ3n) is 4.74. The maximum atomic E-state index is 12.6. The van der Waals surface area contributed by atoms with E-state index in [4.69, 9.17) is 4.74 Å². The van der Waals surface area contributed by atoms with Crippen molar-refractivity contribution in [3.8, 4) is 0 Å². The lowest BCUT2D eigenvalue weighted by Gasteiger charge is -2.34. The molecule has 1 fully saturated rings. The molecular weight excluding hydrogens is 328 g/mol. The molecular formula is C21H24N2O3. The first-order chi connectivity index (χ1) is 12.6. The number of rotatable bonds is 4. The average Bonchev–Trinajstić information content (AvgIpc) is 2.68. The summed E-state index contributed by atoms with van der Waals surface area (Å²) in [6, 6.07) is 15.2. The number of methoxy groups -OCH3 is 1. The summed E-state index contributed by atoms with van der Waals surface area (Å²) in [6.07, 6.45) is 0. The molecule has 1 aliphatic rings. The Morgan fingerprint density at radius 1 is 0.885 bits per heavy atom. The number of ether oxygens (including phenoxy) is 1. The molecule has 0 bridgehead atoms. The van der Waals surface area contributed by atoms with Crippen LogP contribution in [0.3, 0.4) is 0 Å². The Bertz CT molecular complexity index is 761. The third kappa shape index (κ3) is 4.29. The van der Waals surface area contributed by atoms with E-state index in [1.165, 1.54) is 7.11 Å². The van der Waals surface area contributed by atoms with Gasteiger partial charge in [0.2, 0.25) is 0 Å². The summed E-state index contributed by atoms with van der Waals surface area (Å²) in [6.45, 7) is 5.98. The molecule has 0 aliphatic carbocycles. The van der Waals surface area contributed by atoms with E-state index in [2.05, 4.69) is 4.90 Å². The first-order valence-corrected chi connectivity index (χ1v) is 8.82. The molecule has 1 saturated heterocycles. The molecule has 2 aromatic rings. The Morgan fingerprint density at radius 3 is 2.04 bits per heavy atom. The van der Waals surface area contributed by atoms with Crippen molar-refractivity contribution < 1.29 is 14.3 Å². The number of nitrogens with zero attached hydrogens (tertiary/aromatic N) is 2. The van der Waals surface area contributed by atoms with Crippen molar-refractivity contribution >= 4 is 11.9 Å². The highest BCUT2D eigenvalue weighted by molar-refractivity contribution is 5.94. The molecule has 1 aliphatic heterocycles. The summed E-state index contributed by atoms with van der Waals surface area (Å²) >= 11 is 0. The predicted molar refractivity (Wildman–Crippen MR) is 100 cm³/mol. The molecule has 0 unspecified atom stereocenters. The van der Waals surface area contributed by atoms with E-state index in [9.17, 15) is 9.59 Å². The standard InChI is InChI=1S/C21H24N2O3/c1-16-3-7-18(8-4-16)20(24)23-13-11-22(12-14-23)15-17-5-9-19(10-6-17)21(25)26-2/h3-10H,11-15H2,1-2H3. The number of carbonyl (C=O) groups is 2. The zero-order chi connectivity index (χ0) is 18.5. The van der Waals surface area contributed by atoms with Crippen molar-refractivity contribution in [2.75, 3.05) is 33.3 Å². The van der Waals surface area contributed by atoms with Gasteiger partial charge in [-0.05, 0) is 36.8 Å². The number of hydrogen-bond donors (Lipinski definition) is 0. The van der Waals surface area contributed by atoms with E-state index < -0.39 is 0 Å². The van der Waals surface area contributed by atoms with Gasteiger partial charge in [-0.15, -0.1) is 0 Å². The lowest BCUT2D eigenvalue weighted by atomic mass is 10.1. The molecule has 0 spiro atoms. The maximum Gasteiger partial charge on any atom is 0.337 e. The van der Waals surface area contributed by atoms with Crippen LogP contribution in [0.25, 0.3) is 0 Å². The summed E-state index contributed by atoms with van der Waals surface area (Å²) < 4.78 is 4.72. The average molecular weight is 352 g/mol. The van der Waals surface area contributed by atoms with Crippen LogP contribution < -0.4 is 0 Å². The molecule has 3 rings (SSSR count). The van der Waals surface area contributed by atoms with Crippen LogP contribution in [-0.2, 0) is 11.3 Å². The van der Waals surface area contributed by atoms with Crippen molar-refractivity contribution in [1.29, 1.82) is 0 Å². The fourth-order valence-corrected chi connectivity index (χ4v) is 3.11. The monoisotopic (exact) mass is 352 g/mol. The first kappa shape index (κ1) is 18.1. The second-order valence-corrected chi connectivity index (χ2v) is 6.62. The highest BCUT2D eigenvalue weighted by Gasteiger charge is 2.22. The Balaban J connectivity index is 1.53. The van der Waals surface area contributed by atoms with Crippen LogP contribution in [-0.4, -0.2) is 55.0 Å². The second-order valence-electron chi connectivity index (χ2n) is 6.62. The van der Waals surface area contributed by atoms with Gasteiger partial charge in [-0.1, -0.05) is 29.8 Å². The van der Waals surface area contributed by atoms with Gasteiger partial charge in [0.15, 0.2) is 0 Å². The fraction of sp³-hybridized carbons (Fsp3) is 0.333. The van der Waals surface area contributed by atoms with E-state index >= 15 is 0 Å². The number of benzene rings is 2. The lowest BCUT2D eigenvalue weighted by molar-refractivity contribution is 0.0599. The molecule has 0 saturated carbocycles. The number of esters is 1. The summed E-state index contributed by atoms with van der Waals surface area (Å²) in [5.74, 6) is -0.216. The molecule has 1 heterocycles. The SMILES string of the molecule is COC(=O)c1ccc(CN2CCN(C(=O)c3ccc(C)cc3)CC2)cc1. The van der Waals surface area contributed by atoms with Gasteiger partial charge in [0.25, 0.3) is 5.91 Å². The Labute approximate surface area is 154 Å². The van der Waals surface area contributed by atoms with E-state index in [0.717, 1.165) is 49.4 Å². The minimum absolute atomic E-state index is 0.104. The summed E-state index contributed by atoms with van der Waals surface area (Å²) in [5, 5.41) is 0. The smallest absolute Gasteiger partial charge is 0.337 e. The van der Waals surface area contributed by atoms with Crippen LogP contribution in [0, 0.1) is 6.92 Å². The van der Waals surface area contributed by atoms with Crippen LogP contribution in [0.5, 0.6) is 0 Å². The van der Waals surface area contributed by atoms with Crippen LogP contribution in [0.2, 0.25) is 0 Å². The molecule has 5 heteroatoms. The van der Waals surface area contributed by atoms with Gasteiger partial charge in [0.1, 0.15) is 0 Å². The molecule has 5 nitrogen and oxygen atoms in total. The van der Waals surface area contributed by atoms with E-state index in [0.29, 0.717) is 5.56 Å². The van der Waals surface area contributed by atoms with Crippen LogP contribution in [0.15, 0.2) is 48.5 Å². The van der Waals surface area contributed by atoms with Crippen molar-refractivity contribution in [3.63, 3.8) is 0 Å². The van der Waals surface area contributed by atoms with E-state index in [-0.39, 0.29) is 11.9 Å². The minimum atomic E-state index is -0.320. The van der Waals surface area contributed by atoms with Gasteiger partial charge in [0.05, 0.1) is 12.7 Å². The Kier molecular flexibility index (Phi) is 5.68. The largest absolute Gasteiger partial charge is 0.465 e. The Hall–Kier alpha value is -2.66. The lowest BCUT2D eigenvalue weighted by Crippen LogP contribution is -2.48. The molecule has 0 radical (unpaired) electrons. The number of hydrogen-bond acceptors (Lipinski definition) is 4. The van der Waals surface area contributed by atoms with Crippen molar-refractivity contribution in [2.45, 2.75) is 13.5 Å². The molecule has 2 aromatic carbocycles. The third-order valence-corrected chi connectivity index (χ3v) is 4.74. The molecule has 0 atom stereocenters. The number of aryl methyl sites for hydroxylation is 1. The van der Waals surface area contributed by atoms with Gasteiger partial charge in [-0.25, -0.2) is 4.79 Å². The van der Waals surface area contributed by atoms with Gasteiger partial charge in [-0.3, -0.25) is 9.69 Å². The summed E-state index contributed by atoms with van der Waals surface area (Å²) in [4.78, 5) is 28.3. The topological polar surface area (TPSA) is 49.9 Å². The number of carbonyl (C=O) groups excluding carboxylic acids is 2. The predicted octanol–water partition coefficient (Wildman–Crippen LogP) is 2.74. The molecule has 1 amide bonds. The maximum absolute atomic E-state index is 12.6. The Morgan fingerprint density at radius 2 is 1.46 bits per heavy atom. The van der Waals surface area contributed by atoms with Crippen LogP contribution >= 0.6 is 0 Å². The zero-order valence-electron chi connectivity index (χ0n) is 15.3. The van der Waals surface area contributed by atoms with Crippen LogP contribution in [0.4, 0.5) is 0 Å². The van der Waals surface area contributed by atoms with E-state index in [1.54, 1.807) is 12.1 Å². The molecule has 0 N–H and O–H groups in total. The van der Waals surface area contributed by atoms with Gasteiger partial charge >= 0.3 is 5.97 Å². The van der Waals surface area contributed by atoms with Crippen molar-refractivity contribution in [3.05, 3.63) is 70.8 Å². The fourth-order valence-electron chi connectivity index (χ4n) is 3.11. The number of piperazine rings is 1. The molecule has 136 valence electrons. The highest BCUT2D eigenvalue weighted by atomic mass is 16.5. The van der Waals surface area contributed by atoms with Gasteiger partial charge in [0, 0.05) is 38.3 Å². The highest BCUT2D eigenvalue weighted by Crippen LogP contribution is 2.13. The zero-order valence-corrected chi connectivity index (χ0v) is 15.3. The molecule has 26 heavy (non-hydrogen) atoms. The summed E-state index contributed by atoms with van der Waals surface area (Å²) in [5.41, 5.74) is 3.62. The summed E-state index contributed by atoms with van der Waals surface area (Å²) in [7, 11) is 1.38. The quantitative estimate of drug-likeness (QED) is 0.794. The minimum Gasteiger partial charge on any atom is -0.465 e. The van der Waals surface area contributed by atoms with Crippen molar-refractivity contribution in [1.82, 2.24) is 9.80 Å². The second kappa shape index (κ2) is 8.15. The van der Waals surface area contributed by atoms with Gasteiger partial charge in [-0.2, -0.15) is 0 Å². The first-order valence-electron chi connectivity index (χ1n) is 8.82. The normalized spacial score (nSPS) is 14.9. The number of amides is 1. The van der Waals surface area contributed by atoms with Crippen molar-refractivity contribution in [2.24, 2.45) is 0 Å². The molecule has 0 aromatic heterocycles. The van der Waals surface area contributed by atoms with Gasteiger partial charge < -0.3 is 9.64 Å². The van der Waals surface area contributed by atoms with Crippen LogP contribution in [0.1, 0.15) is 31.8 Å². The van der Waals surface area contributed by atoms with E-state index in [1.807, 2.05) is 48.2 Å².